The number of amides is 2. The molecule has 8 N–H and O–H groups in total. The number of sulfone groups is 1. The number of Topliss-reactive ketones (excluding diaryl/α,β-unsaturated/α-hetero) is 1. The van der Waals surface area contributed by atoms with E-state index in [1.54, 1.807) is 84.4 Å². The van der Waals surface area contributed by atoms with Gasteiger partial charge in [-0.05, 0) is 218 Å². The summed E-state index contributed by atoms with van der Waals surface area (Å²) in [6.07, 6.45) is 4.12. The van der Waals surface area contributed by atoms with Crippen LogP contribution in [0.5, 0.6) is 0 Å². The standard InChI is InChI=1S/C28H27BrN4O5S.C25H22BrN3O3S.C23H20BrN3O2S.C23H21N3O2S/c1-2-25(34)17-38-18-28(35)31-22-9-3-19(4-10-22)15-23-16-27(20-5-7-21(29)8-6-20)33(32-23)24-11-13-26(14-12-24)39(30,36)37;1-17(30)27-21-9-3-18(4-10-21)15-22-16-25(19-5-7-20(26)8-6-19)29(28-22)23-11-13-24(14-12-23)33(2,31)32;1-16-2-4-17(5-3-16)14-20-15-23(18-6-8-19(24)9-7-18)27(26-20)21-10-12-22(13-11-21)30(25,28)29;1-17-7-9-18(10-8-17)15-20-16-23(19-5-3-2-4-6-19)26(25-20)21-11-13-22(14-12-21)29(24,27)28/h3-14,16H,2,15,17-18H2,1H3,(H,31,35)(H2,30,36,37);3-14,16H,15H2,1-2H3,(H,27,30);2-13,15H,14H2,1H3,(H2,25,28,29);2-14,16H,15H2,1H3,(H2,24,27,28). The summed E-state index contributed by atoms with van der Waals surface area (Å²) in [6.45, 7) is 7.09. The minimum Gasteiger partial charge on any atom is -0.364 e. The minimum absolute atomic E-state index is 0.0250. The van der Waals surface area contributed by atoms with Crippen LogP contribution in [0.2, 0.25) is 0 Å². The summed E-state index contributed by atoms with van der Waals surface area (Å²) in [5, 5.41) is 40.5. The molecule has 0 saturated heterocycles. The van der Waals surface area contributed by atoms with Gasteiger partial charge in [-0.25, -0.2) is 67.8 Å². The lowest BCUT2D eigenvalue weighted by molar-refractivity contribution is -0.127. The fourth-order valence-corrected chi connectivity index (χ4v) is 16.7. The Balaban J connectivity index is 0.000000150. The molecule has 32 heteroatoms. The zero-order chi connectivity index (χ0) is 93.3. The van der Waals surface area contributed by atoms with E-state index >= 15 is 0 Å². The SMILES string of the molecule is CC(=O)Nc1ccc(Cc2cc(-c3ccc(Br)cc3)n(-c3ccc(S(C)(=O)=O)cc3)n2)cc1.CCC(=O)COCC(=O)Nc1ccc(Cc2cc(-c3ccc(Br)cc3)n(-c3ccc(S(N)(=O)=O)cc3)n2)cc1.Cc1ccc(Cc2cc(-c3ccc(Br)cc3)n(-c3ccc(S(N)(=O)=O)cc3)n2)cc1.Cc1ccc(Cc2cc(-c3ccccc3)n(-c3ccc(S(N)(=O)=O)cc3)n2)cc1. The largest absolute Gasteiger partial charge is 0.364 e. The molecule has 2 amide bonds. The summed E-state index contributed by atoms with van der Waals surface area (Å²) < 4.78 is 109. The van der Waals surface area contributed by atoms with E-state index in [9.17, 15) is 48.1 Å². The number of carbonyl (C=O) groups excluding carboxylic acids is 3. The number of anilines is 2. The van der Waals surface area contributed by atoms with Crippen LogP contribution < -0.4 is 26.1 Å². The lowest BCUT2D eigenvalue weighted by Crippen LogP contribution is -2.20. The van der Waals surface area contributed by atoms with Crippen molar-refractivity contribution in [2.24, 2.45) is 15.4 Å². The lowest BCUT2D eigenvalue weighted by Gasteiger charge is -2.08. The Labute approximate surface area is 785 Å². The maximum Gasteiger partial charge on any atom is 0.250 e. The van der Waals surface area contributed by atoms with Gasteiger partial charge in [-0.2, -0.15) is 20.4 Å². The summed E-state index contributed by atoms with van der Waals surface area (Å²) in [5.41, 5.74) is 22.3. The van der Waals surface area contributed by atoms with E-state index in [-0.39, 0.29) is 50.4 Å². The number of rotatable bonds is 27. The van der Waals surface area contributed by atoms with Crippen LogP contribution in [0.25, 0.3) is 67.8 Å². The van der Waals surface area contributed by atoms with Crippen molar-refractivity contribution in [2.75, 3.05) is 30.1 Å². The third kappa shape index (κ3) is 26.7. The number of aromatic nitrogens is 8. The van der Waals surface area contributed by atoms with Crippen LogP contribution in [0.3, 0.4) is 0 Å². The second-order valence-electron chi connectivity index (χ2n) is 30.7. The Morgan fingerprint density at radius 2 is 0.611 bits per heavy atom. The summed E-state index contributed by atoms with van der Waals surface area (Å²) in [4.78, 5) is 35.0. The summed E-state index contributed by atoms with van der Waals surface area (Å²) >= 11 is 10.4. The first kappa shape index (κ1) is 95.7. The number of halogens is 3. The molecule has 0 aliphatic rings. The van der Waals surface area contributed by atoms with E-state index < -0.39 is 39.9 Å². The van der Waals surface area contributed by atoms with Crippen LogP contribution in [0.4, 0.5) is 11.4 Å². The quantitative estimate of drug-likeness (QED) is 0.0319. The van der Waals surface area contributed by atoms with E-state index in [0.29, 0.717) is 43.5 Å². The van der Waals surface area contributed by atoms with Gasteiger partial charge in [0, 0.05) is 92.3 Å². The molecule has 25 nitrogen and oxygen atoms in total. The monoisotopic (exact) mass is 2020 g/mol. The van der Waals surface area contributed by atoms with Crippen molar-refractivity contribution in [1.82, 2.24) is 39.1 Å². The second kappa shape index (κ2) is 42.8. The fourth-order valence-electron chi connectivity index (χ4n) is 13.7. The lowest BCUT2D eigenvalue weighted by atomic mass is 10.1. The third-order valence-corrected chi connectivity index (χ3v) is 26.0. The molecule has 4 aromatic heterocycles. The Morgan fingerprint density at radius 3 is 0.878 bits per heavy atom. The van der Waals surface area contributed by atoms with Crippen molar-refractivity contribution in [1.29, 1.82) is 0 Å². The number of nitrogens with two attached hydrogens (primary N) is 3. The van der Waals surface area contributed by atoms with Gasteiger partial charge in [-0.1, -0.05) is 205 Å². The highest BCUT2D eigenvalue weighted by molar-refractivity contribution is 9.11. The molecule has 12 aromatic carbocycles. The highest BCUT2D eigenvalue weighted by atomic mass is 79.9. The van der Waals surface area contributed by atoms with Crippen LogP contribution in [0, 0.1) is 13.8 Å². The molecule has 4 heterocycles. The van der Waals surface area contributed by atoms with Gasteiger partial charge >= 0.3 is 0 Å². The van der Waals surface area contributed by atoms with E-state index in [4.69, 9.17) is 40.5 Å². The molecule has 0 radical (unpaired) electrons. The molecule has 131 heavy (non-hydrogen) atoms. The molecule has 0 saturated carbocycles. The molecule has 16 aromatic rings. The zero-order valence-corrected chi connectivity index (χ0v) is 79.5. The predicted octanol–water partition coefficient (Wildman–Crippen LogP) is 18.7. The number of benzene rings is 12. The highest BCUT2D eigenvalue weighted by Gasteiger charge is 2.22. The summed E-state index contributed by atoms with van der Waals surface area (Å²) in [7, 11) is -14.6. The maximum absolute atomic E-state index is 12.1. The van der Waals surface area contributed by atoms with Crippen LogP contribution >= 0.6 is 47.8 Å². The molecule has 0 atom stereocenters. The maximum atomic E-state index is 12.1. The van der Waals surface area contributed by atoms with Crippen LogP contribution in [-0.2, 0) is 84.7 Å². The Kier molecular flexibility index (Phi) is 31.3. The average Bonchev–Trinajstić information content (AvgIpc) is 1.74. The van der Waals surface area contributed by atoms with Crippen molar-refractivity contribution in [3.05, 3.63) is 391 Å². The van der Waals surface area contributed by atoms with Gasteiger partial charge in [0.05, 0.1) is 87.9 Å². The number of nitrogens with one attached hydrogen (secondary N) is 2. The Morgan fingerprint density at radius 1 is 0.344 bits per heavy atom. The number of carbonyl (C=O) groups is 3. The van der Waals surface area contributed by atoms with Crippen LogP contribution in [-0.4, -0.2) is 110 Å². The molecule has 0 aliphatic carbocycles. The number of hydrogen-bond acceptors (Lipinski definition) is 16. The third-order valence-electron chi connectivity index (χ3n) is 20.5. The van der Waals surface area contributed by atoms with Crippen molar-refractivity contribution in [3.63, 3.8) is 0 Å². The van der Waals surface area contributed by atoms with Gasteiger partial charge < -0.3 is 15.4 Å². The normalized spacial score (nSPS) is 11.4. The number of hydrogen-bond donors (Lipinski definition) is 5. The van der Waals surface area contributed by atoms with E-state index in [2.05, 4.69) is 133 Å². The molecular weight excluding hydrogens is 1930 g/mol. The number of sulfonamides is 3. The average molecular weight is 2020 g/mol. The first-order chi connectivity index (χ1) is 62.5. The Bertz CT molecular complexity index is 7200. The summed E-state index contributed by atoms with van der Waals surface area (Å²) in [6, 6.07) is 99.6. The fraction of sp³-hybridized carbons (Fsp3) is 0.121. The summed E-state index contributed by atoms with van der Waals surface area (Å²) in [5.74, 6) is -0.501. The van der Waals surface area contributed by atoms with Crippen molar-refractivity contribution in [2.45, 2.75) is 79.4 Å². The van der Waals surface area contributed by atoms with Gasteiger partial charge in [0.25, 0.3) is 0 Å². The number of aryl methyl sites for hydroxylation is 2. The highest BCUT2D eigenvalue weighted by Crippen LogP contribution is 2.34. The molecule has 0 aliphatic heterocycles. The van der Waals surface area contributed by atoms with E-state index in [1.807, 2.05) is 166 Å². The predicted molar refractivity (Wildman–Crippen MR) is 522 cm³/mol. The molecular formula is C99H90Br3N13O12S4. The Hall–Kier alpha value is -12.8. The van der Waals surface area contributed by atoms with E-state index in [0.717, 1.165) is 115 Å². The smallest absolute Gasteiger partial charge is 0.250 e. The number of primary sulfonamides is 3. The number of ketones is 1. The van der Waals surface area contributed by atoms with Gasteiger partial charge in [0.15, 0.2) is 15.6 Å². The molecule has 668 valence electrons. The van der Waals surface area contributed by atoms with Gasteiger partial charge in [-0.15, -0.1) is 0 Å². The molecule has 0 unspecified atom stereocenters. The second-order valence-corrected chi connectivity index (χ2v) is 40.1. The van der Waals surface area contributed by atoms with Gasteiger partial charge in [0.2, 0.25) is 41.9 Å². The number of nitrogens with zero attached hydrogens (tertiary/aromatic N) is 8. The number of ether oxygens (including phenoxy) is 1. The minimum atomic E-state index is -3.81. The first-order valence-electron chi connectivity index (χ1n) is 40.9. The molecule has 0 spiro atoms. The molecule has 16 rings (SSSR count). The van der Waals surface area contributed by atoms with Crippen LogP contribution in [0.1, 0.15) is 76.4 Å². The topological polar surface area (TPSA) is 370 Å². The molecule has 0 bridgehead atoms. The van der Waals surface area contributed by atoms with Crippen LogP contribution in [0.15, 0.2) is 355 Å². The zero-order valence-electron chi connectivity index (χ0n) is 71.5. The van der Waals surface area contributed by atoms with Crippen molar-refractivity contribution >= 4 is 117 Å². The van der Waals surface area contributed by atoms with Gasteiger partial charge in [-0.3, -0.25) is 14.4 Å². The first-order valence-corrected chi connectivity index (χ1v) is 49.8. The van der Waals surface area contributed by atoms with Crippen molar-refractivity contribution in [3.8, 4) is 67.8 Å². The molecule has 0 fully saturated rings. The van der Waals surface area contributed by atoms with Gasteiger partial charge in [0.1, 0.15) is 13.2 Å². The van der Waals surface area contributed by atoms with E-state index in [1.165, 1.54) is 71.8 Å². The van der Waals surface area contributed by atoms with Crippen molar-refractivity contribution < 1.29 is 52.8 Å².